The van der Waals surface area contributed by atoms with Gasteiger partial charge < -0.3 is 4.42 Å². The first-order valence-electron chi connectivity index (χ1n) is 6.95. The molecule has 0 aliphatic heterocycles. The summed E-state index contributed by atoms with van der Waals surface area (Å²) in [5.41, 5.74) is 3.31. The second-order valence-electron chi connectivity index (χ2n) is 5.04. The topological polar surface area (TPSA) is 88.4 Å². The minimum absolute atomic E-state index is 0.0399. The van der Waals surface area contributed by atoms with E-state index in [1.165, 1.54) is 18.2 Å². The van der Waals surface area contributed by atoms with Crippen LogP contribution in [-0.2, 0) is 10.0 Å². The lowest BCUT2D eigenvalue weighted by Gasteiger charge is -2.08. The van der Waals surface area contributed by atoms with Crippen LogP contribution in [0, 0.1) is 6.92 Å². The van der Waals surface area contributed by atoms with Gasteiger partial charge in [0.1, 0.15) is 10.5 Å². The maximum absolute atomic E-state index is 12.2. The van der Waals surface area contributed by atoms with Crippen LogP contribution in [0.3, 0.4) is 0 Å². The van der Waals surface area contributed by atoms with Crippen molar-refractivity contribution in [1.29, 1.82) is 0 Å². The minimum Gasteiger partial charge on any atom is -0.451 e. The zero-order valence-electron chi connectivity index (χ0n) is 12.5. The summed E-state index contributed by atoms with van der Waals surface area (Å²) >= 11 is 5.87. The van der Waals surface area contributed by atoms with Crippen molar-refractivity contribution < 1.29 is 17.6 Å². The van der Waals surface area contributed by atoms with Crippen LogP contribution in [0.4, 0.5) is 0 Å². The van der Waals surface area contributed by atoms with Crippen molar-refractivity contribution in [2.45, 2.75) is 11.8 Å². The van der Waals surface area contributed by atoms with E-state index in [0.717, 1.165) is 5.39 Å². The van der Waals surface area contributed by atoms with Gasteiger partial charge in [-0.1, -0.05) is 41.9 Å². The third kappa shape index (κ3) is 3.01. The SMILES string of the molecule is Cc1c(C(=O)NNS(=O)(=O)c2ccccc2Cl)oc2ccccc12. The number of carbonyl (C=O) groups is 1. The number of aryl methyl sites for hydroxylation is 1. The summed E-state index contributed by atoms with van der Waals surface area (Å²) in [5, 5.41) is 0.843. The molecule has 2 aromatic carbocycles. The van der Waals surface area contributed by atoms with Gasteiger partial charge in [-0.3, -0.25) is 10.2 Å². The number of rotatable bonds is 4. The molecule has 0 saturated heterocycles. The van der Waals surface area contributed by atoms with Crippen molar-refractivity contribution in [1.82, 2.24) is 10.3 Å². The van der Waals surface area contributed by atoms with Crippen LogP contribution in [0.5, 0.6) is 0 Å². The van der Waals surface area contributed by atoms with Crippen LogP contribution < -0.4 is 10.3 Å². The standard InChI is InChI=1S/C16H13ClN2O4S/c1-10-11-6-2-4-8-13(11)23-15(10)16(20)18-19-24(21,22)14-9-5-3-7-12(14)17/h2-9,19H,1H3,(H,18,20). The molecule has 0 radical (unpaired) electrons. The number of fused-ring (bicyclic) bond motifs is 1. The quantitative estimate of drug-likeness (QED) is 0.696. The molecule has 8 heteroatoms. The molecule has 2 N–H and O–H groups in total. The number of carbonyl (C=O) groups excluding carboxylic acids is 1. The molecular formula is C16H13ClN2O4S. The number of furan rings is 1. The van der Waals surface area contributed by atoms with Gasteiger partial charge in [0, 0.05) is 10.9 Å². The van der Waals surface area contributed by atoms with Crippen molar-refractivity contribution >= 4 is 38.5 Å². The second-order valence-corrected chi connectivity index (χ2v) is 7.10. The summed E-state index contributed by atoms with van der Waals surface area (Å²) in [4.78, 5) is 14.1. The van der Waals surface area contributed by atoms with Gasteiger partial charge in [-0.05, 0) is 25.1 Å². The molecule has 0 unspecified atom stereocenters. The molecule has 0 fully saturated rings. The van der Waals surface area contributed by atoms with Crippen molar-refractivity contribution in [2.75, 3.05) is 0 Å². The van der Waals surface area contributed by atoms with Gasteiger partial charge in [-0.15, -0.1) is 4.83 Å². The number of hydrogen-bond acceptors (Lipinski definition) is 4. The number of hydrazine groups is 1. The Kier molecular flexibility index (Phi) is 4.31. The van der Waals surface area contributed by atoms with Gasteiger partial charge in [0.2, 0.25) is 0 Å². The van der Waals surface area contributed by atoms with Gasteiger partial charge in [0.05, 0.1) is 5.02 Å². The molecule has 124 valence electrons. The van der Waals surface area contributed by atoms with Crippen molar-refractivity contribution in [3.63, 3.8) is 0 Å². The van der Waals surface area contributed by atoms with Crippen molar-refractivity contribution in [2.24, 2.45) is 0 Å². The Labute approximate surface area is 143 Å². The highest BCUT2D eigenvalue weighted by atomic mass is 35.5. The Bertz CT molecular complexity index is 1030. The smallest absolute Gasteiger partial charge is 0.302 e. The van der Waals surface area contributed by atoms with E-state index in [1.807, 2.05) is 17.0 Å². The Morgan fingerprint density at radius 3 is 2.46 bits per heavy atom. The van der Waals surface area contributed by atoms with Gasteiger partial charge in [0.15, 0.2) is 5.76 Å². The largest absolute Gasteiger partial charge is 0.451 e. The average molecular weight is 365 g/mol. The number of benzene rings is 2. The molecule has 0 aliphatic rings. The predicted octanol–water partition coefficient (Wildman–Crippen LogP) is 3.02. The first-order valence-corrected chi connectivity index (χ1v) is 8.81. The van der Waals surface area contributed by atoms with E-state index >= 15 is 0 Å². The number of hydrogen-bond donors (Lipinski definition) is 2. The molecule has 0 saturated carbocycles. The van der Waals surface area contributed by atoms with Crippen LogP contribution in [0.1, 0.15) is 16.1 Å². The van der Waals surface area contributed by atoms with E-state index in [9.17, 15) is 13.2 Å². The van der Waals surface area contributed by atoms with E-state index in [0.29, 0.717) is 11.1 Å². The lowest BCUT2D eigenvalue weighted by atomic mass is 10.1. The van der Waals surface area contributed by atoms with Crippen LogP contribution >= 0.6 is 11.6 Å². The summed E-state index contributed by atoms with van der Waals surface area (Å²) in [5.74, 6) is -0.655. The highest BCUT2D eigenvalue weighted by Crippen LogP contribution is 2.25. The molecule has 24 heavy (non-hydrogen) atoms. The van der Waals surface area contributed by atoms with E-state index in [2.05, 4.69) is 5.43 Å². The third-order valence-corrected chi connectivity index (χ3v) is 5.22. The normalized spacial score (nSPS) is 11.6. The highest BCUT2D eigenvalue weighted by Gasteiger charge is 2.21. The van der Waals surface area contributed by atoms with Gasteiger partial charge in [0.25, 0.3) is 10.0 Å². The van der Waals surface area contributed by atoms with Gasteiger partial charge in [-0.25, -0.2) is 8.42 Å². The summed E-state index contributed by atoms with van der Waals surface area (Å²) in [6.07, 6.45) is 0. The number of amides is 1. The third-order valence-electron chi connectivity index (χ3n) is 3.48. The number of para-hydroxylation sites is 1. The molecule has 0 bridgehead atoms. The summed E-state index contributed by atoms with van der Waals surface area (Å²) < 4.78 is 29.9. The highest BCUT2D eigenvalue weighted by molar-refractivity contribution is 7.89. The Hall–Kier alpha value is -2.35. The fourth-order valence-corrected chi connectivity index (χ4v) is 3.64. The Morgan fingerprint density at radius 1 is 1.08 bits per heavy atom. The molecule has 0 aliphatic carbocycles. The van der Waals surface area contributed by atoms with Crippen LogP contribution in [0.15, 0.2) is 57.8 Å². The lowest BCUT2D eigenvalue weighted by Crippen LogP contribution is -2.41. The monoisotopic (exact) mass is 364 g/mol. The molecule has 6 nitrogen and oxygen atoms in total. The molecule has 0 atom stereocenters. The molecule has 1 heterocycles. The first-order chi connectivity index (χ1) is 11.4. The molecule has 3 rings (SSSR count). The number of nitrogens with one attached hydrogen (secondary N) is 2. The van der Waals surface area contributed by atoms with Crippen molar-refractivity contribution in [3.8, 4) is 0 Å². The fraction of sp³-hybridized carbons (Fsp3) is 0.0625. The van der Waals surface area contributed by atoms with E-state index in [4.69, 9.17) is 16.0 Å². The Balaban J connectivity index is 1.82. The maximum Gasteiger partial charge on any atom is 0.302 e. The van der Waals surface area contributed by atoms with Gasteiger partial charge in [-0.2, -0.15) is 0 Å². The Morgan fingerprint density at radius 2 is 1.75 bits per heavy atom. The number of halogens is 1. The van der Waals surface area contributed by atoms with Crippen LogP contribution in [-0.4, -0.2) is 14.3 Å². The molecular weight excluding hydrogens is 352 g/mol. The zero-order chi connectivity index (χ0) is 17.3. The molecule has 0 spiro atoms. The molecule has 1 aromatic heterocycles. The lowest BCUT2D eigenvalue weighted by molar-refractivity contribution is 0.0918. The summed E-state index contributed by atoms with van der Waals surface area (Å²) in [6, 6.07) is 13.1. The summed E-state index contributed by atoms with van der Waals surface area (Å²) in [6.45, 7) is 1.73. The van der Waals surface area contributed by atoms with E-state index < -0.39 is 15.9 Å². The van der Waals surface area contributed by atoms with E-state index in [-0.39, 0.29) is 15.7 Å². The molecule has 3 aromatic rings. The van der Waals surface area contributed by atoms with Gasteiger partial charge >= 0.3 is 5.91 Å². The predicted molar refractivity (Wildman–Crippen MR) is 90.2 cm³/mol. The maximum atomic E-state index is 12.2. The van der Waals surface area contributed by atoms with Crippen LogP contribution in [0.2, 0.25) is 5.02 Å². The average Bonchev–Trinajstić information content (AvgIpc) is 2.90. The van der Waals surface area contributed by atoms with E-state index in [1.54, 1.807) is 25.1 Å². The first kappa shape index (κ1) is 16.5. The fourth-order valence-electron chi connectivity index (χ4n) is 2.28. The summed E-state index contributed by atoms with van der Waals surface area (Å²) in [7, 11) is -3.99. The van der Waals surface area contributed by atoms with Crippen LogP contribution in [0.25, 0.3) is 11.0 Å². The molecule has 1 amide bonds. The number of sulfonamides is 1. The van der Waals surface area contributed by atoms with Crippen molar-refractivity contribution in [3.05, 3.63) is 64.9 Å². The second kappa shape index (κ2) is 6.27. The minimum atomic E-state index is -3.99. The zero-order valence-corrected chi connectivity index (χ0v) is 14.1.